The molecular formula is C21H29IN6OS. The quantitative estimate of drug-likeness (QED) is 0.268. The lowest BCUT2D eigenvalue weighted by Crippen LogP contribution is -2.40. The zero-order valence-electron chi connectivity index (χ0n) is 17.8. The van der Waals surface area contributed by atoms with Gasteiger partial charge < -0.3 is 19.5 Å². The minimum absolute atomic E-state index is 0. The van der Waals surface area contributed by atoms with Crippen LogP contribution in [0.15, 0.2) is 46.8 Å². The van der Waals surface area contributed by atoms with E-state index in [0.717, 1.165) is 35.5 Å². The first kappa shape index (κ1) is 24.1. The molecule has 0 unspecified atom stereocenters. The molecule has 0 aliphatic heterocycles. The Morgan fingerprint density at radius 3 is 2.67 bits per heavy atom. The smallest absolute Gasteiger partial charge is 0.194 e. The molecule has 0 aliphatic rings. The molecule has 162 valence electrons. The third-order valence-corrected chi connectivity index (χ3v) is 5.57. The van der Waals surface area contributed by atoms with Crippen LogP contribution in [0.25, 0.3) is 0 Å². The van der Waals surface area contributed by atoms with Gasteiger partial charge in [-0.05, 0) is 36.9 Å². The van der Waals surface area contributed by atoms with Crippen molar-refractivity contribution in [3.8, 4) is 5.75 Å². The highest BCUT2D eigenvalue weighted by molar-refractivity contribution is 14.0. The van der Waals surface area contributed by atoms with Crippen molar-refractivity contribution in [1.82, 2.24) is 25.0 Å². The Hall–Kier alpha value is -2.14. The van der Waals surface area contributed by atoms with Crippen LogP contribution in [-0.2, 0) is 20.1 Å². The Kier molecular flexibility index (Phi) is 9.57. The van der Waals surface area contributed by atoms with Crippen LogP contribution < -0.4 is 10.1 Å². The van der Waals surface area contributed by atoms with Crippen LogP contribution in [0.3, 0.4) is 0 Å². The van der Waals surface area contributed by atoms with E-state index >= 15 is 0 Å². The highest BCUT2D eigenvalue weighted by Crippen LogP contribution is 2.16. The monoisotopic (exact) mass is 540 g/mol. The van der Waals surface area contributed by atoms with Crippen molar-refractivity contribution in [2.24, 2.45) is 12.0 Å². The molecule has 0 fully saturated rings. The summed E-state index contributed by atoms with van der Waals surface area (Å²) in [5, 5.41) is 13.8. The number of likely N-dealkylation sites (N-methyl/N-ethyl adjacent to an activating group) is 1. The topological polar surface area (TPSA) is 67.6 Å². The zero-order valence-corrected chi connectivity index (χ0v) is 21.0. The van der Waals surface area contributed by atoms with E-state index in [1.165, 1.54) is 4.88 Å². The Balaban J connectivity index is 0.00000320. The van der Waals surface area contributed by atoms with Gasteiger partial charge in [0.1, 0.15) is 24.7 Å². The molecule has 0 saturated heterocycles. The van der Waals surface area contributed by atoms with Gasteiger partial charge in [0.2, 0.25) is 0 Å². The van der Waals surface area contributed by atoms with Crippen molar-refractivity contribution < 1.29 is 4.74 Å². The Bertz CT molecular complexity index is 941. The van der Waals surface area contributed by atoms with Crippen LogP contribution in [-0.4, -0.2) is 45.8 Å². The van der Waals surface area contributed by atoms with Crippen LogP contribution in [0.2, 0.25) is 0 Å². The molecule has 0 spiro atoms. The molecule has 1 aromatic carbocycles. The second-order valence-electron chi connectivity index (χ2n) is 6.83. The molecule has 7 nitrogen and oxygen atoms in total. The van der Waals surface area contributed by atoms with Crippen molar-refractivity contribution in [2.45, 2.75) is 26.9 Å². The fourth-order valence-electron chi connectivity index (χ4n) is 2.74. The predicted molar refractivity (Wildman–Crippen MR) is 133 cm³/mol. The SMILES string of the molecule is Cc1ccccc1OCCN(C)C(=NCc1nnc(C)n1C)NCc1cccs1.I. The van der Waals surface area contributed by atoms with Crippen molar-refractivity contribution in [1.29, 1.82) is 0 Å². The number of nitrogens with zero attached hydrogens (tertiary/aromatic N) is 5. The molecule has 3 rings (SSSR count). The van der Waals surface area contributed by atoms with Crippen molar-refractivity contribution in [3.05, 3.63) is 63.9 Å². The standard InChI is InChI=1S/C21H28N6OS.HI/c1-16-8-5-6-10-19(16)28-12-11-26(3)21(22-14-18-9-7-13-29-18)23-15-20-25-24-17(2)27(20)4;/h5-10,13H,11-12,14-15H2,1-4H3,(H,22,23);1H. The van der Waals surface area contributed by atoms with Gasteiger partial charge in [-0.2, -0.15) is 0 Å². The highest BCUT2D eigenvalue weighted by Gasteiger charge is 2.10. The third kappa shape index (κ3) is 6.69. The summed E-state index contributed by atoms with van der Waals surface area (Å²) >= 11 is 1.73. The van der Waals surface area contributed by atoms with Crippen molar-refractivity contribution in [2.75, 3.05) is 20.2 Å². The zero-order chi connectivity index (χ0) is 20.6. The van der Waals surface area contributed by atoms with Gasteiger partial charge in [0.05, 0.1) is 13.1 Å². The second-order valence-corrected chi connectivity index (χ2v) is 7.86. The first-order valence-electron chi connectivity index (χ1n) is 9.59. The molecule has 0 atom stereocenters. The van der Waals surface area contributed by atoms with Crippen LogP contribution in [0.1, 0.15) is 22.1 Å². The average molecular weight is 540 g/mol. The molecule has 0 bridgehead atoms. The van der Waals surface area contributed by atoms with Crippen LogP contribution in [0.5, 0.6) is 5.75 Å². The number of aromatic nitrogens is 3. The summed E-state index contributed by atoms with van der Waals surface area (Å²) in [6, 6.07) is 12.2. The molecule has 0 amide bonds. The number of nitrogens with one attached hydrogen (secondary N) is 1. The molecule has 2 aromatic heterocycles. The average Bonchev–Trinajstić information content (AvgIpc) is 3.34. The summed E-state index contributed by atoms with van der Waals surface area (Å²) in [6.45, 7) is 6.47. The molecule has 1 N–H and O–H groups in total. The van der Waals surface area contributed by atoms with Crippen LogP contribution in [0, 0.1) is 13.8 Å². The van der Waals surface area contributed by atoms with E-state index in [1.54, 1.807) is 11.3 Å². The number of aliphatic imine (C=N–C) groups is 1. The second kappa shape index (κ2) is 11.9. The minimum Gasteiger partial charge on any atom is -0.491 e. The number of benzene rings is 1. The highest BCUT2D eigenvalue weighted by atomic mass is 127. The number of aryl methyl sites for hydroxylation is 2. The number of thiophene rings is 1. The molecule has 30 heavy (non-hydrogen) atoms. The van der Waals surface area contributed by atoms with Gasteiger partial charge in [-0.3, -0.25) is 0 Å². The van der Waals surface area contributed by atoms with E-state index in [9.17, 15) is 0 Å². The van der Waals surface area contributed by atoms with Crippen molar-refractivity contribution >= 4 is 41.3 Å². The normalized spacial score (nSPS) is 11.1. The van der Waals surface area contributed by atoms with E-state index in [0.29, 0.717) is 19.7 Å². The van der Waals surface area contributed by atoms with Gasteiger partial charge >= 0.3 is 0 Å². The first-order chi connectivity index (χ1) is 14.0. The number of halogens is 1. The van der Waals surface area contributed by atoms with Crippen LogP contribution in [0.4, 0.5) is 0 Å². The van der Waals surface area contributed by atoms with Gasteiger partial charge in [-0.25, -0.2) is 4.99 Å². The number of rotatable bonds is 8. The van der Waals surface area contributed by atoms with E-state index in [4.69, 9.17) is 9.73 Å². The van der Waals surface area contributed by atoms with E-state index < -0.39 is 0 Å². The van der Waals surface area contributed by atoms with E-state index in [1.807, 2.05) is 43.8 Å². The largest absolute Gasteiger partial charge is 0.491 e. The maximum atomic E-state index is 5.94. The minimum atomic E-state index is 0. The van der Waals surface area contributed by atoms with Crippen LogP contribution >= 0.6 is 35.3 Å². The maximum Gasteiger partial charge on any atom is 0.194 e. The summed E-state index contributed by atoms with van der Waals surface area (Å²) in [6.07, 6.45) is 0. The number of para-hydroxylation sites is 1. The summed E-state index contributed by atoms with van der Waals surface area (Å²) in [5.41, 5.74) is 1.14. The molecule has 0 radical (unpaired) electrons. The fraction of sp³-hybridized carbons (Fsp3) is 0.381. The number of hydrogen-bond donors (Lipinski definition) is 1. The van der Waals surface area contributed by atoms with Gasteiger partial charge in [-0.1, -0.05) is 24.3 Å². The lowest BCUT2D eigenvalue weighted by molar-refractivity contribution is 0.279. The molecule has 0 saturated carbocycles. The Morgan fingerprint density at radius 1 is 1.20 bits per heavy atom. The lowest BCUT2D eigenvalue weighted by Gasteiger charge is -2.22. The maximum absolute atomic E-state index is 5.94. The summed E-state index contributed by atoms with van der Waals surface area (Å²) < 4.78 is 7.90. The number of ether oxygens (including phenoxy) is 1. The Morgan fingerprint density at radius 2 is 2.00 bits per heavy atom. The van der Waals surface area contributed by atoms with Crippen molar-refractivity contribution in [3.63, 3.8) is 0 Å². The molecule has 9 heteroatoms. The van der Waals surface area contributed by atoms with E-state index in [2.05, 4.69) is 50.9 Å². The summed E-state index contributed by atoms with van der Waals surface area (Å²) in [7, 11) is 3.97. The summed E-state index contributed by atoms with van der Waals surface area (Å²) in [4.78, 5) is 8.11. The molecular weight excluding hydrogens is 511 g/mol. The summed E-state index contributed by atoms with van der Waals surface area (Å²) in [5.74, 6) is 3.44. The number of guanidine groups is 1. The van der Waals surface area contributed by atoms with Gasteiger partial charge in [-0.15, -0.1) is 45.5 Å². The van der Waals surface area contributed by atoms with Gasteiger partial charge in [0.15, 0.2) is 11.8 Å². The predicted octanol–water partition coefficient (Wildman–Crippen LogP) is 3.77. The fourth-order valence-corrected chi connectivity index (χ4v) is 3.39. The molecule has 3 aromatic rings. The van der Waals surface area contributed by atoms with Gasteiger partial charge in [0.25, 0.3) is 0 Å². The third-order valence-electron chi connectivity index (χ3n) is 4.69. The van der Waals surface area contributed by atoms with Gasteiger partial charge in [0, 0.05) is 19.0 Å². The lowest BCUT2D eigenvalue weighted by atomic mass is 10.2. The van der Waals surface area contributed by atoms with E-state index in [-0.39, 0.29) is 24.0 Å². The number of hydrogen-bond acceptors (Lipinski definition) is 5. The Labute approximate surface area is 199 Å². The first-order valence-corrected chi connectivity index (χ1v) is 10.5. The molecule has 0 aliphatic carbocycles. The molecule has 2 heterocycles.